The topological polar surface area (TPSA) is 55.8 Å². The minimum atomic E-state index is -0.467. The first-order chi connectivity index (χ1) is 11.4. The number of para-hydroxylation sites is 1. The Morgan fingerprint density at radius 3 is 2.62 bits per heavy atom. The standard InChI is InChI=1S/C19H21NO4/c1-13-11-15(17(21)23-3)16-9-10-19(13,2)12-20(16)18(22)24-14-7-5-4-6-8-14/h4-11,13,16H,12H2,1-3H3/t13?,16-,19+/m1/s1. The van der Waals surface area contributed by atoms with E-state index >= 15 is 0 Å². The number of allylic oxidation sites excluding steroid dienone is 1. The van der Waals surface area contributed by atoms with Crippen molar-refractivity contribution in [1.82, 2.24) is 4.90 Å². The second-order valence-corrected chi connectivity index (χ2v) is 6.52. The lowest BCUT2D eigenvalue weighted by Gasteiger charge is -2.39. The number of amides is 1. The number of hydrogen-bond acceptors (Lipinski definition) is 4. The van der Waals surface area contributed by atoms with Gasteiger partial charge >= 0.3 is 12.1 Å². The summed E-state index contributed by atoms with van der Waals surface area (Å²) in [5.41, 5.74) is 0.231. The van der Waals surface area contributed by atoms with Gasteiger partial charge in [-0.3, -0.25) is 4.90 Å². The molecule has 3 atom stereocenters. The molecule has 1 aromatic carbocycles. The van der Waals surface area contributed by atoms with Gasteiger partial charge in [0.2, 0.25) is 0 Å². The zero-order valence-electron chi connectivity index (χ0n) is 14.1. The molecule has 2 bridgehead atoms. The van der Waals surface area contributed by atoms with E-state index in [9.17, 15) is 9.59 Å². The maximum absolute atomic E-state index is 12.7. The van der Waals surface area contributed by atoms with Crippen LogP contribution in [0, 0.1) is 11.3 Å². The molecule has 1 aromatic rings. The zero-order valence-corrected chi connectivity index (χ0v) is 14.1. The van der Waals surface area contributed by atoms with Crippen LogP contribution in [0.1, 0.15) is 13.8 Å². The van der Waals surface area contributed by atoms with Crippen molar-refractivity contribution in [2.45, 2.75) is 19.9 Å². The van der Waals surface area contributed by atoms with E-state index in [2.05, 4.69) is 13.0 Å². The largest absolute Gasteiger partial charge is 0.466 e. The Kier molecular flexibility index (Phi) is 4.18. The first kappa shape index (κ1) is 16.3. The van der Waals surface area contributed by atoms with E-state index in [-0.39, 0.29) is 11.3 Å². The Hall–Kier alpha value is -2.56. The highest BCUT2D eigenvalue weighted by Crippen LogP contribution is 2.41. The lowest BCUT2D eigenvalue weighted by molar-refractivity contribution is -0.136. The molecule has 0 saturated carbocycles. The van der Waals surface area contributed by atoms with E-state index in [4.69, 9.17) is 9.47 Å². The molecule has 24 heavy (non-hydrogen) atoms. The summed E-state index contributed by atoms with van der Waals surface area (Å²) in [5.74, 6) is 0.163. The Morgan fingerprint density at radius 1 is 1.25 bits per heavy atom. The maximum atomic E-state index is 12.7. The molecule has 0 N–H and O–H groups in total. The fourth-order valence-electron chi connectivity index (χ4n) is 3.19. The number of carbonyl (C=O) groups excluding carboxylic acids is 2. The predicted octanol–water partition coefficient (Wildman–Crippen LogP) is 3.18. The lowest BCUT2D eigenvalue weighted by Crippen LogP contribution is -2.50. The third-order valence-corrected chi connectivity index (χ3v) is 4.90. The third kappa shape index (κ3) is 2.82. The van der Waals surface area contributed by atoms with Gasteiger partial charge in [0, 0.05) is 12.0 Å². The van der Waals surface area contributed by atoms with Crippen LogP contribution in [0.15, 0.2) is 54.1 Å². The number of fused-ring (bicyclic) bond motifs is 2. The molecule has 2 aliphatic heterocycles. The molecule has 4 rings (SSSR count). The molecule has 126 valence electrons. The SMILES string of the molecule is COC(=O)C1=CC(C)[C@@]2(C)C=C[C@H]1N(C(=O)Oc1ccccc1)C2. The molecule has 3 aliphatic rings. The minimum Gasteiger partial charge on any atom is -0.466 e. The molecule has 5 heteroatoms. The summed E-state index contributed by atoms with van der Waals surface area (Å²) < 4.78 is 10.4. The monoisotopic (exact) mass is 327 g/mol. The highest BCUT2D eigenvalue weighted by molar-refractivity contribution is 5.92. The highest BCUT2D eigenvalue weighted by atomic mass is 16.6. The van der Waals surface area contributed by atoms with Crippen LogP contribution in [-0.2, 0) is 9.53 Å². The molecule has 1 amide bonds. The summed E-state index contributed by atoms with van der Waals surface area (Å²) in [5, 5.41) is 0. The van der Waals surface area contributed by atoms with Crippen molar-refractivity contribution in [1.29, 1.82) is 0 Å². The highest BCUT2D eigenvalue weighted by Gasteiger charge is 2.44. The van der Waals surface area contributed by atoms with Crippen molar-refractivity contribution >= 4 is 12.1 Å². The molecule has 5 nitrogen and oxygen atoms in total. The Bertz CT molecular complexity index is 709. The summed E-state index contributed by atoms with van der Waals surface area (Å²) in [4.78, 5) is 26.5. The number of nitrogens with zero attached hydrogens (tertiary/aromatic N) is 1. The van der Waals surface area contributed by atoms with Crippen LogP contribution >= 0.6 is 0 Å². The van der Waals surface area contributed by atoms with E-state index in [0.29, 0.717) is 17.9 Å². The maximum Gasteiger partial charge on any atom is 0.416 e. The van der Waals surface area contributed by atoms with E-state index in [0.717, 1.165) is 0 Å². The van der Waals surface area contributed by atoms with E-state index in [1.165, 1.54) is 7.11 Å². The van der Waals surface area contributed by atoms with Gasteiger partial charge < -0.3 is 9.47 Å². The van der Waals surface area contributed by atoms with Crippen LogP contribution in [0.25, 0.3) is 0 Å². The van der Waals surface area contributed by atoms with E-state index in [1.807, 2.05) is 25.1 Å². The zero-order chi connectivity index (χ0) is 17.3. The normalized spacial score (nSPS) is 28.1. The summed E-state index contributed by atoms with van der Waals surface area (Å²) in [6, 6.07) is 8.46. The van der Waals surface area contributed by atoms with Crippen molar-refractivity contribution < 1.29 is 19.1 Å². The number of carbonyl (C=O) groups is 2. The number of hydrogen-bond donors (Lipinski definition) is 0. The molecule has 1 unspecified atom stereocenters. The molecule has 0 spiro atoms. The first-order valence-electron chi connectivity index (χ1n) is 7.97. The second kappa shape index (κ2) is 6.15. The lowest BCUT2D eigenvalue weighted by atomic mass is 9.77. The van der Waals surface area contributed by atoms with Gasteiger partial charge in [0.1, 0.15) is 5.75 Å². The van der Waals surface area contributed by atoms with E-state index in [1.54, 1.807) is 29.2 Å². The molecule has 0 saturated heterocycles. The minimum absolute atomic E-state index is 0.0994. The number of rotatable bonds is 2. The summed E-state index contributed by atoms with van der Waals surface area (Å²) in [7, 11) is 1.35. The van der Waals surface area contributed by atoms with Gasteiger partial charge in [-0.05, 0) is 18.1 Å². The summed E-state index contributed by atoms with van der Waals surface area (Å²) in [6.45, 7) is 4.60. The summed E-state index contributed by atoms with van der Waals surface area (Å²) >= 11 is 0. The molecule has 0 radical (unpaired) electrons. The number of methoxy groups -OCH3 is 1. The van der Waals surface area contributed by atoms with Crippen LogP contribution in [-0.4, -0.2) is 36.7 Å². The molecular weight excluding hydrogens is 306 g/mol. The molecule has 0 fully saturated rings. The van der Waals surface area contributed by atoms with Crippen molar-refractivity contribution in [3.8, 4) is 5.75 Å². The third-order valence-electron chi connectivity index (χ3n) is 4.90. The van der Waals surface area contributed by atoms with Crippen molar-refractivity contribution in [3.63, 3.8) is 0 Å². The van der Waals surface area contributed by atoms with Gasteiger partial charge in [-0.25, -0.2) is 9.59 Å². The quantitative estimate of drug-likeness (QED) is 0.618. The Labute approximate surface area is 141 Å². The number of ether oxygens (including phenoxy) is 2. The molecular formula is C19H21NO4. The van der Waals surface area contributed by atoms with Gasteiger partial charge in [-0.1, -0.05) is 50.3 Å². The van der Waals surface area contributed by atoms with Gasteiger partial charge in [0.25, 0.3) is 0 Å². The van der Waals surface area contributed by atoms with Gasteiger partial charge in [-0.15, -0.1) is 0 Å². The predicted molar refractivity (Wildman–Crippen MR) is 89.5 cm³/mol. The van der Waals surface area contributed by atoms with Gasteiger partial charge in [-0.2, -0.15) is 0 Å². The average Bonchev–Trinajstić information content (AvgIpc) is 2.78. The van der Waals surface area contributed by atoms with E-state index < -0.39 is 18.1 Å². The van der Waals surface area contributed by atoms with Crippen LogP contribution in [0.2, 0.25) is 0 Å². The Balaban J connectivity index is 1.92. The van der Waals surface area contributed by atoms with Crippen molar-refractivity contribution in [2.24, 2.45) is 11.3 Å². The van der Waals surface area contributed by atoms with Crippen LogP contribution < -0.4 is 4.74 Å². The smallest absolute Gasteiger partial charge is 0.416 e. The second-order valence-electron chi connectivity index (χ2n) is 6.52. The van der Waals surface area contributed by atoms with Gasteiger partial charge in [0.05, 0.1) is 18.7 Å². The molecule has 2 heterocycles. The van der Waals surface area contributed by atoms with Gasteiger partial charge in [0.15, 0.2) is 0 Å². The van der Waals surface area contributed by atoms with Crippen molar-refractivity contribution in [3.05, 3.63) is 54.1 Å². The average molecular weight is 327 g/mol. The fraction of sp³-hybridized carbons (Fsp3) is 0.368. The molecule has 1 aliphatic carbocycles. The van der Waals surface area contributed by atoms with Crippen LogP contribution in [0.3, 0.4) is 0 Å². The van der Waals surface area contributed by atoms with Crippen LogP contribution in [0.5, 0.6) is 5.75 Å². The summed E-state index contributed by atoms with van der Waals surface area (Å²) in [6.07, 6.45) is 5.42. The first-order valence-corrected chi connectivity index (χ1v) is 7.97. The number of benzene rings is 1. The Morgan fingerprint density at radius 2 is 1.96 bits per heavy atom. The van der Waals surface area contributed by atoms with Crippen molar-refractivity contribution in [2.75, 3.05) is 13.7 Å². The van der Waals surface area contributed by atoms with Crippen LogP contribution in [0.4, 0.5) is 4.79 Å². The fourth-order valence-corrected chi connectivity index (χ4v) is 3.19. The molecule has 0 aromatic heterocycles. The number of esters is 1.